The summed E-state index contributed by atoms with van der Waals surface area (Å²) in [6.07, 6.45) is 7.29. The second-order valence-corrected chi connectivity index (χ2v) is 6.13. The molecule has 0 bridgehead atoms. The number of carbonyl (C=O) groups is 2. The summed E-state index contributed by atoms with van der Waals surface area (Å²) in [5, 5.41) is 18.6. The number of nitrogens with zero attached hydrogens (tertiary/aromatic N) is 1. The van der Waals surface area contributed by atoms with Crippen molar-refractivity contribution in [3.63, 3.8) is 0 Å². The molecule has 0 aromatic heterocycles. The lowest BCUT2D eigenvalue weighted by Crippen LogP contribution is -2.40. The maximum Gasteiger partial charge on any atom is 0.310 e. The molecule has 1 saturated carbocycles. The van der Waals surface area contributed by atoms with Gasteiger partial charge in [-0.15, -0.1) is 0 Å². The Labute approximate surface area is 127 Å². The van der Waals surface area contributed by atoms with Crippen molar-refractivity contribution in [2.24, 2.45) is 5.41 Å². The third kappa shape index (κ3) is 5.30. The number of carboxylic acids is 1. The van der Waals surface area contributed by atoms with Gasteiger partial charge in [0.2, 0.25) is 5.91 Å². The van der Waals surface area contributed by atoms with E-state index in [4.69, 9.17) is 5.11 Å². The molecule has 1 aliphatic carbocycles. The number of carbonyl (C=O) groups excluding carboxylic acids is 1. The average molecular weight is 299 g/mol. The fourth-order valence-corrected chi connectivity index (χ4v) is 3.13. The summed E-state index contributed by atoms with van der Waals surface area (Å²) in [5.41, 5.74) is -0.867. The number of carboxylic acid groups (broad SMARTS) is 1. The summed E-state index contributed by atoms with van der Waals surface area (Å²) < 4.78 is 0. The number of aliphatic hydroxyl groups is 1. The Balaban J connectivity index is 2.56. The molecule has 0 atom stereocenters. The van der Waals surface area contributed by atoms with Crippen LogP contribution in [0.3, 0.4) is 0 Å². The van der Waals surface area contributed by atoms with Gasteiger partial charge in [-0.25, -0.2) is 0 Å². The van der Waals surface area contributed by atoms with Crippen LogP contribution in [0.25, 0.3) is 0 Å². The van der Waals surface area contributed by atoms with Gasteiger partial charge in [-0.1, -0.05) is 39.0 Å². The molecule has 0 aromatic carbocycles. The van der Waals surface area contributed by atoms with Gasteiger partial charge in [-0.3, -0.25) is 9.59 Å². The lowest BCUT2D eigenvalue weighted by atomic mass is 9.82. The van der Waals surface area contributed by atoms with Gasteiger partial charge in [0.15, 0.2) is 0 Å². The van der Waals surface area contributed by atoms with Crippen LogP contribution in [-0.2, 0) is 9.59 Å². The second kappa shape index (κ2) is 9.03. The minimum atomic E-state index is -0.867. The molecule has 1 amide bonds. The van der Waals surface area contributed by atoms with E-state index >= 15 is 0 Å². The standard InChI is InChI=1S/C16H29NO4/c1-2-3-4-7-10-17(11-12-18)14(19)13-16(15(20)21)8-5-6-9-16/h18H,2-13H2,1H3,(H,20,21). The minimum Gasteiger partial charge on any atom is -0.481 e. The number of rotatable bonds is 10. The van der Waals surface area contributed by atoms with Crippen molar-refractivity contribution in [3.8, 4) is 0 Å². The summed E-state index contributed by atoms with van der Waals surface area (Å²) in [5.74, 6) is -0.965. The maximum absolute atomic E-state index is 12.4. The highest BCUT2D eigenvalue weighted by Crippen LogP contribution is 2.41. The monoisotopic (exact) mass is 299 g/mol. The smallest absolute Gasteiger partial charge is 0.310 e. The average Bonchev–Trinajstić information content (AvgIpc) is 2.92. The van der Waals surface area contributed by atoms with Crippen LogP contribution in [0, 0.1) is 5.41 Å². The Kier molecular flexibility index (Phi) is 7.72. The van der Waals surface area contributed by atoms with Crippen LogP contribution in [-0.4, -0.2) is 46.7 Å². The molecule has 1 fully saturated rings. The predicted molar refractivity (Wildman–Crippen MR) is 81.0 cm³/mol. The Bertz CT molecular complexity index is 337. The van der Waals surface area contributed by atoms with E-state index in [1.54, 1.807) is 4.90 Å². The van der Waals surface area contributed by atoms with E-state index in [9.17, 15) is 14.7 Å². The van der Waals surface area contributed by atoms with Crippen molar-refractivity contribution in [2.75, 3.05) is 19.7 Å². The van der Waals surface area contributed by atoms with Crippen LogP contribution in [0.1, 0.15) is 64.7 Å². The van der Waals surface area contributed by atoms with Crippen molar-refractivity contribution < 1.29 is 19.8 Å². The zero-order valence-electron chi connectivity index (χ0n) is 13.1. The van der Waals surface area contributed by atoms with E-state index < -0.39 is 11.4 Å². The first-order chi connectivity index (χ1) is 10.1. The van der Waals surface area contributed by atoms with E-state index in [2.05, 4.69) is 6.92 Å². The topological polar surface area (TPSA) is 77.8 Å². The summed E-state index contributed by atoms with van der Waals surface area (Å²) in [6, 6.07) is 0. The van der Waals surface area contributed by atoms with Crippen molar-refractivity contribution in [3.05, 3.63) is 0 Å². The highest BCUT2D eigenvalue weighted by atomic mass is 16.4. The van der Waals surface area contributed by atoms with Crippen LogP contribution in [0.15, 0.2) is 0 Å². The van der Waals surface area contributed by atoms with Crippen LogP contribution in [0.5, 0.6) is 0 Å². The first-order valence-electron chi connectivity index (χ1n) is 8.18. The van der Waals surface area contributed by atoms with Crippen LogP contribution >= 0.6 is 0 Å². The quantitative estimate of drug-likeness (QED) is 0.607. The molecule has 1 aliphatic rings. The van der Waals surface area contributed by atoms with Gasteiger partial charge in [0.1, 0.15) is 0 Å². The molecule has 5 heteroatoms. The van der Waals surface area contributed by atoms with Crippen molar-refractivity contribution in [1.29, 1.82) is 0 Å². The SMILES string of the molecule is CCCCCCN(CCO)C(=O)CC1(C(=O)O)CCCC1. The predicted octanol–water partition coefficient (Wildman–Crippen LogP) is 2.42. The number of aliphatic carboxylic acids is 1. The van der Waals surface area contributed by atoms with Crippen molar-refractivity contribution in [1.82, 2.24) is 4.90 Å². The van der Waals surface area contributed by atoms with E-state index in [-0.39, 0.29) is 18.9 Å². The lowest BCUT2D eigenvalue weighted by Gasteiger charge is -2.28. The zero-order chi connectivity index (χ0) is 15.7. The molecule has 0 spiro atoms. The molecule has 0 unspecified atom stereocenters. The molecule has 5 nitrogen and oxygen atoms in total. The van der Waals surface area contributed by atoms with E-state index in [0.717, 1.165) is 38.5 Å². The van der Waals surface area contributed by atoms with E-state index in [0.29, 0.717) is 25.9 Å². The third-order valence-corrected chi connectivity index (χ3v) is 4.51. The lowest BCUT2D eigenvalue weighted by molar-refractivity contribution is -0.153. The molecule has 0 aromatic rings. The van der Waals surface area contributed by atoms with Gasteiger partial charge in [0.25, 0.3) is 0 Å². The Hall–Kier alpha value is -1.10. The summed E-state index contributed by atoms with van der Waals surface area (Å²) in [4.78, 5) is 25.6. The van der Waals surface area contributed by atoms with Gasteiger partial charge in [-0.2, -0.15) is 0 Å². The van der Waals surface area contributed by atoms with Gasteiger partial charge in [0.05, 0.1) is 12.0 Å². The molecule has 122 valence electrons. The molecule has 0 radical (unpaired) electrons. The highest BCUT2D eigenvalue weighted by molar-refractivity contribution is 5.85. The number of aliphatic hydroxyl groups excluding tert-OH is 1. The Morgan fingerprint density at radius 2 is 1.76 bits per heavy atom. The van der Waals surface area contributed by atoms with Gasteiger partial charge >= 0.3 is 5.97 Å². The van der Waals surface area contributed by atoms with Gasteiger partial charge in [0, 0.05) is 19.5 Å². The van der Waals surface area contributed by atoms with Crippen LogP contribution < -0.4 is 0 Å². The molecular weight excluding hydrogens is 270 g/mol. The molecule has 1 rings (SSSR count). The van der Waals surface area contributed by atoms with Gasteiger partial charge in [-0.05, 0) is 19.3 Å². The van der Waals surface area contributed by atoms with Gasteiger partial charge < -0.3 is 15.1 Å². The second-order valence-electron chi connectivity index (χ2n) is 6.13. The fourth-order valence-electron chi connectivity index (χ4n) is 3.13. The largest absolute Gasteiger partial charge is 0.481 e. The van der Waals surface area contributed by atoms with Crippen LogP contribution in [0.2, 0.25) is 0 Å². The number of hydrogen-bond donors (Lipinski definition) is 2. The maximum atomic E-state index is 12.4. The molecule has 0 saturated heterocycles. The first-order valence-corrected chi connectivity index (χ1v) is 8.18. The molecule has 21 heavy (non-hydrogen) atoms. The highest BCUT2D eigenvalue weighted by Gasteiger charge is 2.43. The van der Waals surface area contributed by atoms with Crippen LogP contribution in [0.4, 0.5) is 0 Å². The molecule has 0 heterocycles. The number of hydrogen-bond acceptors (Lipinski definition) is 3. The Morgan fingerprint density at radius 3 is 2.29 bits per heavy atom. The fraction of sp³-hybridized carbons (Fsp3) is 0.875. The van der Waals surface area contributed by atoms with Crippen molar-refractivity contribution >= 4 is 11.9 Å². The summed E-state index contributed by atoms with van der Waals surface area (Å²) >= 11 is 0. The third-order valence-electron chi connectivity index (χ3n) is 4.51. The summed E-state index contributed by atoms with van der Waals surface area (Å²) in [7, 11) is 0. The zero-order valence-corrected chi connectivity index (χ0v) is 13.1. The van der Waals surface area contributed by atoms with E-state index in [1.807, 2.05) is 0 Å². The first kappa shape index (κ1) is 18.0. The number of unbranched alkanes of at least 4 members (excludes halogenated alkanes) is 3. The Morgan fingerprint density at radius 1 is 1.10 bits per heavy atom. The molecule has 0 aliphatic heterocycles. The normalized spacial score (nSPS) is 16.9. The van der Waals surface area contributed by atoms with E-state index in [1.165, 1.54) is 0 Å². The minimum absolute atomic E-state index is 0.0699. The van der Waals surface area contributed by atoms with Crippen molar-refractivity contribution in [2.45, 2.75) is 64.7 Å². The molecular formula is C16H29NO4. The summed E-state index contributed by atoms with van der Waals surface area (Å²) in [6.45, 7) is 2.99. The molecule has 2 N–H and O–H groups in total. The number of amides is 1.